The van der Waals surface area contributed by atoms with Crippen molar-refractivity contribution in [2.45, 2.75) is 38.7 Å². The molecule has 0 saturated heterocycles. The quantitative estimate of drug-likeness (QED) is 0.465. The summed E-state index contributed by atoms with van der Waals surface area (Å²) in [7, 11) is 1.35. The lowest BCUT2D eigenvalue weighted by Gasteiger charge is -2.27. The predicted molar refractivity (Wildman–Crippen MR) is 128 cm³/mol. The third-order valence-electron chi connectivity index (χ3n) is 6.76. The zero-order chi connectivity index (χ0) is 24.7. The molecule has 1 aliphatic carbocycles. The number of carboxylic acids is 1. The Morgan fingerprint density at radius 2 is 1.53 bits per heavy atom. The number of hydrogen-bond donors (Lipinski definition) is 3. The maximum absolute atomic E-state index is 12.5. The lowest BCUT2D eigenvalue weighted by Crippen LogP contribution is -2.48. The molecule has 8 heteroatoms. The van der Waals surface area contributed by atoms with E-state index in [0.29, 0.717) is 12.8 Å². The standard InChI is InChI=1S/C26H32N2O6/c1-4-26(5-2,24(30)31)16-28-23(29)22(33-3)14-27-25(32)34-15-21-19-12-8-6-10-17(19)18-11-7-9-13-20(18)21/h6-13,21-22H,4-5,14-16H2,1-3H3,(H,27,32)(H,28,29)(H,30,31). The summed E-state index contributed by atoms with van der Waals surface area (Å²) in [5, 5.41) is 14.7. The number of aliphatic carboxylic acids is 1. The van der Waals surface area contributed by atoms with Gasteiger partial charge in [0.1, 0.15) is 6.61 Å². The van der Waals surface area contributed by atoms with Gasteiger partial charge in [0.2, 0.25) is 0 Å². The molecule has 0 fully saturated rings. The first-order valence-corrected chi connectivity index (χ1v) is 11.5. The molecule has 2 aromatic rings. The number of carbonyl (C=O) groups excluding carboxylic acids is 2. The topological polar surface area (TPSA) is 114 Å². The van der Waals surface area contributed by atoms with Crippen molar-refractivity contribution in [1.82, 2.24) is 10.6 Å². The Kier molecular flexibility index (Phi) is 8.28. The molecule has 34 heavy (non-hydrogen) atoms. The summed E-state index contributed by atoms with van der Waals surface area (Å²) in [4.78, 5) is 36.5. The van der Waals surface area contributed by atoms with Gasteiger partial charge in [0.05, 0.1) is 12.0 Å². The molecule has 0 spiro atoms. The number of rotatable bonds is 11. The molecule has 3 rings (SSSR count). The van der Waals surface area contributed by atoms with Crippen LogP contribution in [0.15, 0.2) is 48.5 Å². The Morgan fingerprint density at radius 1 is 0.971 bits per heavy atom. The molecule has 0 aromatic heterocycles. The van der Waals surface area contributed by atoms with Crippen LogP contribution in [0.5, 0.6) is 0 Å². The number of nitrogens with one attached hydrogen (secondary N) is 2. The maximum atomic E-state index is 12.5. The Labute approximate surface area is 199 Å². The number of carboxylic acid groups (broad SMARTS) is 1. The first kappa shape index (κ1) is 25.2. The molecule has 0 radical (unpaired) electrons. The minimum atomic E-state index is -1.03. The maximum Gasteiger partial charge on any atom is 0.407 e. The second kappa shape index (κ2) is 11.2. The van der Waals surface area contributed by atoms with Crippen molar-refractivity contribution >= 4 is 18.0 Å². The molecule has 1 aliphatic rings. The van der Waals surface area contributed by atoms with E-state index in [9.17, 15) is 19.5 Å². The average molecular weight is 469 g/mol. The predicted octanol–water partition coefficient (Wildman–Crippen LogP) is 3.55. The number of alkyl carbamates (subject to hydrolysis) is 1. The SMILES string of the molecule is CCC(CC)(CNC(=O)C(CNC(=O)OCC1c2ccccc2-c2ccccc21)OC)C(=O)O. The van der Waals surface area contributed by atoms with Crippen molar-refractivity contribution in [3.63, 3.8) is 0 Å². The van der Waals surface area contributed by atoms with Crippen LogP contribution in [-0.4, -0.2) is 56.0 Å². The number of hydrogen-bond acceptors (Lipinski definition) is 5. The van der Waals surface area contributed by atoms with Crippen molar-refractivity contribution in [2.75, 3.05) is 26.8 Å². The minimum Gasteiger partial charge on any atom is -0.481 e. The smallest absolute Gasteiger partial charge is 0.407 e. The fraction of sp³-hybridized carbons (Fsp3) is 0.423. The number of methoxy groups -OCH3 is 1. The van der Waals surface area contributed by atoms with Gasteiger partial charge in [-0.3, -0.25) is 9.59 Å². The van der Waals surface area contributed by atoms with Gasteiger partial charge < -0.3 is 25.2 Å². The summed E-state index contributed by atoms with van der Waals surface area (Å²) >= 11 is 0. The van der Waals surface area contributed by atoms with Crippen LogP contribution in [0.2, 0.25) is 0 Å². The highest BCUT2D eigenvalue weighted by molar-refractivity contribution is 5.83. The molecule has 0 bridgehead atoms. The fourth-order valence-corrected chi connectivity index (χ4v) is 4.36. The highest BCUT2D eigenvalue weighted by atomic mass is 16.5. The second-order valence-corrected chi connectivity index (χ2v) is 8.44. The molecule has 0 heterocycles. The van der Waals surface area contributed by atoms with Gasteiger partial charge in [-0.2, -0.15) is 0 Å². The monoisotopic (exact) mass is 468 g/mol. The van der Waals surface area contributed by atoms with E-state index in [-0.39, 0.29) is 25.6 Å². The van der Waals surface area contributed by atoms with Crippen molar-refractivity contribution in [2.24, 2.45) is 5.41 Å². The highest BCUT2D eigenvalue weighted by Gasteiger charge is 2.36. The van der Waals surface area contributed by atoms with Crippen LogP contribution in [0.1, 0.15) is 43.7 Å². The molecule has 8 nitrogen and oxygen atoms in total. The third kappa shape index (κ3) is 5.22. The normalized spacial score (nSPS) is 13.5. The van der Waals surface area contributed by atoms with E-state index in [1.807, 2.05) is 36.4 Å². The molecule has 1 unspecified atom stereocenters. The molecular formula is C26H32N2O6. The molecule has 1 atom stereocenters. The number of fused-ring (bicyclic) bond motifs is 3. The minimum absolute atomic E-state index is 0.0149. The van der Waals surface area contributed by atoms with E-state index in [1.165, 1.54) is 7.11 Å². The number of amides is 2. The summed E-state index contributed by atoms with van der Waals surface area (Å²) in [6.45, 7) is 3.60. The summed E-state index contributed by atoms with van der Waals surface area (Å²) in [5.41, 5.74) is 3.47. The van der Waals surface area contributed by atoms with Crippen LogP contribution in [-0.2, 0) is 19.1 Å². The van der Waals surface area contributed by atoms with E-state index < -0.39 is 29.5 Å². The van der Waals surface area contributed by atoms with E-state index in [1.54, 1.807) is 13.8 Å². The zero-order valence-corrected chi connectivity index (χ0v) is 19.8. The fourth-order valence-electron chi connectivity index (χ4n) is 4.36. The van der Waals surface area contributed by atoms with Crippen LogP contribution in [0.25, 0.3) is 11.1 Å². The molecule has 182 valence electrons. The third-order valence-corrected chi connectivity index (χ3v) is 6.76. The van der Waals surface area contributed by atoms with Crippen LogP contribution >= 0.6 is 0 Å². The van der Waals surface area contributed by atoms with Gasteiger partial charge in [-0.05, 0) is 35.1 Å². The molecule has 3 N–H and O–H groups in total. The summed E-state index contributed by atoms with van der Waals surface area (Å²) in [6, 6.07) is 16.1. The van der Waals surface area contributed by atoms with Crippen LogP contribution in [0.4, 0.5) is 4.79 Å². The van der Waals surface area contributed by atoms with Gasteiger partial charge in [-0.1, -0.05) is 62.4 Å². The summed E-state index contributed by atoms with van der Waals surface area (Å²) in [5.74, 6) is -1.51. The van der Waals surface area contributed by atoms with Gasteiger partial charge in [0.15, 0.2) is 6.10 Å². The van der Waals surface area contributed by atoms with Gasteiger partial charge in [0, 0.05) is 19.6 Å². The molecule has 0 aliphatic heterocycles. The Balaban J connectivity index is 1.53. The largest absolute Gasteiger partial charge is 0.481 e. The number of ether oxygens (including phenoxy) is 2. The summed E-state index contributed by atoms with van der Waals surface area (Å²) < 4.78 is 10.7. The average Bonchev–Trinajstić information content (AvgIpc) is 3.17. The summed E-state index contributed by atoms with van der Waals surface area (Å²) in [6.07, 6.45) is -0.858. The van der Waals surface area contributed by atoms with E-state index in [0.717, 1.165) is 22.3 Å². The lowest BCUT2D eigenvalue weighted by molar-refractivity contribution is -0.149. The van der Waals surface area contributed by atoms with Crippen LogP contribution in [0, 0.1) is 5.41 Å². The van der Waals surface area contributed by atoms with Crippen molar-refractivity contribution in [1.29, 1.82) is 0 Å². The van der Waals surface area contributed by atoms with Gasteiger partial charge in [-0.25, -0.2) is 4.79 Å². The van der Waals surface area contributed by atoms with Crippen molar-refractivity contribution in [3.8, 4) is 11.1 Å². The first-order chi connectivity index (χ1) is 16.4. The molecule has 2 aromatic carbocycles. The Hall–Kier alpha value is -3.39. The second-order valence-electron chi connectivity index (χ2n) is 8.44. The number of benzene rings is 2. The Morgan fingerprint density at radius 3 is 2.03 bits per heavy atom. The first-order valence-electron chi connectivity index (χ1n) is 11.5. The van der Waals surface area contributed by atoms with Crippen molar-refractivity contribution < 1.29 is 29.0 Å². The highest BCUT2D eigenvalue weighted by Crippen LogP contribution is 2.44. The zero-order valence-electron chi connectivity index (χ0n) is 19.8. The van der Waals surface area contributed by atoms with E-state index in [2.05, 4.69) is 22.8 Å². The molecule has 2 amide bonds. The van der Waals surface area contributed by atoms with Crippen LogP contribution in [0.3, 0.4) is 0 Å². The van der Waals surface area contributed by atoms with E-state index in [4.69, 9.17) is 9.47 Å². The lowest BCUT2D eigenvalue weighted by atomic mass is 9.82. The van der Waals surface area contributed by atoms with Crippen molar-refractivity contribution in [3.05, 3.63) is 59.7 Å². The van der Waals surface area contributed by atoms with Gasteiger partial charge in [0.25, 0.3) is 5.91 Å². The van der Waals surface area contributed by atoms with Gasteiger partial charge >= 0.3 is 12.1 Å². The molecule has 0 saturated carbocycles. The van der Waals surface area contributed by atoms with Gasteiger partial charge in [-0.15, -0.1) is 0 Å². The number of carbonyl (C=O) groups is 3. The van der Waals surface area contributed by atoms with E-state index >= 15 is 0 Å². The Bertz CT molecular complexity index is 988. The van der Waals surface area contributed by atoms with Crippen LogP contribution < -0.4 is 10.6 Å². The molecular weight excluding hydrogens is 436 g/mol.